The molecule has 0 spiro atoms. The molecule has 0 radical (unpaired) electrons. The summed E-state index contributed by atoms with van der Waals surface area (Å²) in [6.45, 7) is 3.19. The second-order valence-electron chi connectivity index (χ2n) is 5.03. The van der Waals surface area contributed by atoms with Crippen molar-refractivity contribution >= 4 is 54.0 Å². The lowest BCUT2D eigenvalue weighted by molar-refractivity contribution is -0.137. The van der Waals surface area contributed by atoms with Gasteiger partial charge in [-0.3, -0.25) is 0 Å². The van der Waals surface area contributed by atoms with Gasteiger partial charge in [0.25, 0.3) is 0 Å². The molecule has 1 aliphatic rings. The number of alkyl halides is 3. The molecule has 4 N–H and O–H groups in total. The van der Waals surface area contributed by atoms with Crippen molar-refractivity contribution in [2.24, 2.45) is 21.5 Å². The van der Waals surface area contributed by atoms with E-state index in [4.69, 9.17) is 23.1 Å². The minimum atomic E-state index is -4.57. The lowest BCUT2D eigenvalue weighted by Gasteiger charge is -2.16. The molecule has 0 bridgehead atoms. The molecular formula is C14H17Cl3F3N5. The Kier molecular flexibility index (Phi) is 8.57. The maximum Gasteiger partial charge on any atom is 0.417 e. The van der Waals surface area contributed by atoms with E-state index in [0.29, 0.717) is 13.1 Å². The zero-order chi connectivity index (χ0) is 17.2. The van der Waals surface area contributed by atoms with Crippen LogP contribution in [-0.2, 0) is 6.18 Å². The molecule has 2 rings (SSSR count). The van der Waals surface area contributed by atoms with Crippen molar-refractivity contribution in [2.45, 2.75) is 13.1 Å². The molecule has 0 fully saturated rings. The van der Waals surface area contributed by atoms with E-state index < -0.39 is 16.8 Å². The van der Waals surface area contributed by atoms with E-state index in [2.05, 4.69) is 9.98 Å². The molecule has 5 nitrogen and oxygen atoms in total. The minimum Gasteiger partial charge on any atom is -0.369 e. The SMILES string of the molecule is CC1=CCN(/C(N)=N\C(N)=Nc2ccc(Cl)c(C(F)(F)F)c2)C1.Cl.Cl. The third kappa shape index (κ3) is 6.30. The van der Waals surface area contributed by atoms with Crippen LogP contribution >= 0.6 is 36.4 Å². The third-order valence-corrected chi connectivity index (χ3v) is 3.48. The molecule has 0 atom stereocenters. The van der Waals surface area contributed by atoms with Crippen molar-refractivity contribution in [1.82, 2.24) is 4.90 Å². The molecule has 0 saturated heterocycles. The van der Waals surface area contributed by atoms with E-state index in [0.717, 1.165) is 17.7 Å². The van der Waals surface area contributed by atoms with Gasteiger partial charge in [0.05, 0.1) is 16.3 Å². The maximum atomic E-state index is 12.8. The molecule has 1 aromatic rings. The van der Waals surface area contributed by atoms with Crippen LogP contribution in [0.25, 0.3) is 0 Å². The molecule has 140 valence electrons. The van der Waals surface area contributed by atoms with Crippen LogP contribution in [0.15, 0.2) is 39.8 Å². The van der Waals surface area contributed by atoms with Gasteiger partial charge in [-0.05, 0) is 25.1 Å². The first-order valence-electron chi connectivity index (χ1n) is 6.62. The predicted molar refractivity (Wildman–Crippen MR) is 99.2 cm³/mol. The number of benzene rings is 1. The summed E-state index contributed by atoms with van der Waals surface area (Å²) in [4.78, 5) is 9.50. The van der Waals surface area contributed by atoms with Crippen molar-refractivity contribution in [3.05, 3.63) is 40.4 Å². The van der Waals surface area contributed by atoms with Crippen molar-refractivity contribution in [2.75, 3.05) is 13.1 Å². The highest BCUT2D eigenvalue weighted by Crippen LogP contribution is 2.36. The molecular weight excluding hydrogens is 402 g/mol. The third-order valence-electron chi connectivity index (χ3n) is 3.15. The number of aliphatic imine (C=N–C) groups is 2. The first kappa shape index (κ1) is 23.4. The summed E-state index contributed by atoms with van der Waals surface area (Å²) in [5, 5.41) is -0.406. The van der Waals surface area contributed by atoms with E-state index in [1.54, 1.807) is 4.90 Å². The number of nitrogens with two attached hydrogens (primary N) is 2. The second-order valence-corrected chi connectivity index (χ2v) is 5.44. The average Bonchev–Trinajstić information content (AvgIpc) is 2.86. The first-order chi connectivity index (χ1) is 10.7. The van der Waals surface area contributed by atoms with Gasteiger partial charge in [-0.1, -0.05) is 23.3 Å². The van der Waals surface area contributed by atoms with E-state index in [1.807, 2.05) is 13.0 Å². The van der Waals surface area contributed by atoms with Gasteiger partial charge < -0.3 is 16.4 Å². The quantitative estimate of drug-likeness (QED) is 0.414. The average molecular weight is 419 g/mol. The van der Waals surface area contributed by atoms with Gasteiger partial charge in [-0.25, -0.2) is 4.99 Å². The van der Waals surface area contributed by atoms with Crippen LogP contribution in [0.4, 0.5) is 18.9 Å². The second kappa shape index (κ2) is 9.17. The number of hydrogen-bond acceptors (Lipinski definition) is 1. The Balaban J connectivity index is 0.00000288. The number of nitrogens with zero attached hydrogens (tertiary/aromatic N) is 3. The Labute approximate surface area is 160 Å². The van der Waals surface area contributed by atoms with Crippen molar-refractivity contribution < 1.29 is 13.2 Å². The summed E-state index contributed by atoms with van der Waals surface area (Å²) in [5.74, 6) is -0.0770. The van der Waals surface area contributed by atoms with E-state index in [1.165, 1.54) is 6.07 Å². The summed E-state index contributed by atoms with van der Waals surface area (Å²) in [7, 11) is 0. The van der Waals surface area contributed by atoms with E-state index >= 15 is 0 Å². The van der Waals surface area contributed by atoms with Crippen molar-refractivity contribution in [3.8, 4) is 0 Å². The highest BCUT2D eigenvalue weighted by molar-refractivity contribution is 6.31. The summed E-state index contributed by atoms with van der Waals surface area (Å²) >= 11 is 5.54. The molecule has 11 heteroatoms. The number of guanidine groups is 2. The fourth-order valence-electron chi connectivity index (χ4n) is 2.02. The van der Waals surface area contributed by atoms with Crippen LogP contribution in [0.2, 0.25) is 5.02 Å². The van der Waals surface area contributed by atoms with Gasteiger partial charge in [0, 0.05) is 13.1 Å². The monoisotopic (exact) mass is 417 g/mol. The fourth-order valence-corrected chi connectivity index (χ4v) is 2.24. The Bertz CT molecular complexity index is 701. The minimum absolute atomic E-state index is 0. The summed E-state index contributed by atoms with van der Waals surface area (Å²) in [6, 6.07) is 3.23. The Morgan fingerprint density at radius 1 is 1.24 bits per heavy atom. The van der Waals surface area contributed by atoms with E-state index in [9.17, 15) is 13.2 Å². The summed E-state index contributed by atoms with van der Waals surface area (Å²) < 4.78 is 38.4. The molecule has 25 heavy (non-hydrogen) atoms. The molecule has 0 saturated carbocycles. The van der Waals surface area contributed by atoms with Gasteiger partial charge in [0.1, 0.15) is 0 Å². The lowest BCUT2D eigenvalue weighted by Crippen LogP contribution is -2.37. The number of halogens is 6. The number of rotatable bonds is 1. The van der Waals surface area contributed by atoms with Gasteiger partial charge in [0.15, 0.2) is 5.96 Å². The molecule has 1 heterocycles. The zero-order valence-electron chi connectivity index (χ0n) is 13.0. The Hall–Kier alpha value is -1.64. The van der Waals surface area contributed by atoms with Gasteiger partial charge in [0.2, 0.25) is 5.96 Å². The standard InChI is InChI=1S/C14H15ClF3N5.2ClH/c1-8-4-5-23(7-8)13(20)22-12(19)21-9-2-3-11(15)10(6-9)14(16,17)18;;/h2-4,6H,5,7H2,1H3,(H4,19,20,21,22);2*1H. The molecule has 0 aromatic heterocycles. The summed E-state index contributed by atoms with van der Waals surface area (Å²) in [6.07, 6.45) is -2.58. The number of hydrogen-bond donors (Lipinski definition) is 2. The predicted octanol–water partition coefficient (Wildman–Crippen LogP) is 3.73. The molecule has 1 aliphatic heterocycles. The van der Waals surface area contributed by atoms with Gasteiger partial charge in [-0.2, -0.15) is 18.2 Å². The lowest BCUT2D eigenvalue weighted by atomic mass is 10.2. The Morgan fingerprint density at radius 2 is 1.88 bits per heavy atom. The van der Waals surface area contributed by atoms with Crippen LogP contribution in [-0.4, -0.2) is 29.9 Å². The topological polar surface area (TPSA) is 80.0 Å². The molecule has 0 aliphatic carbocycles. The van der Waals surface area contributed by atoms with Gasteiger partial charge in [-0.15, -0.1) is 24.8 Å². The molecule has 1 aromatic carbocycles. The van der Waals surface area contributed by atoms with Crippen LogP contribution in [0, 0.1) is 0 Å². The molecule has 0 unspecified atom stereocenters. The van der Waals surface area contributed by atoms with Crippen LogP contribution in [0.5, 0.6) is 0 Å². The van der Waals surface area contributed by atoms with Crippen LogP contribution in [0.3, 0.4) is 0 Å². The summed E-state index contributed by atoms with van der Waals surface area (Å²) in [5.41, 5.74) is 11.6. The highest BCUT2D eigenvalue weighted by atomic mass is 35.5. The molecule has 0 amide bonds. The van der Waals surface area contributed by atoms with Crippen molar-refractivity contribution in [3.63, 3.8) is 0 Å². The normalized spacial score (nSPS) is 15.4. The smallest absolute Gasteiger partial charge is 0.369 e. The van der Waals surface area contributed by atoms with Crippen molar-refractivity contribution in [1.29, 1.82) is 0 Å². The largest absolute Gasteiger partial charge is 0.417 e. The van der Waals surface area contributed by atoms with E-state index in [-0.39, 0.29) is 42.4 Å². The fraction of sp³-hybridized carbons (Fsp3) is 0.286. The highest BCUT2D eigenvalue weighted by Gasteiger charge is 2.33. The zero-order valence-corrected chi connectivity index (χ0v) is 15.4. The Morgan fingerprint density at radius 3 is 2.40 bits per heavy atom. The first-order valence-corrected chi connectivity index (χ1v) is 7.00. The van der Waals surface area contributed by atoms with Crippen LogP contribution < -0.4 is 11.5 Å². The van der Waals surface area contributed by atoms with Gasteiger partial charge >= 0.3 is 6.18 Å². The van der Waals surface area contributed by atoms with Crippen LogP contribution in [0.1, 0.15) is 12.5 Å². The maximum absolute atomic E-state index is 12.8.